The summed E-state index contributed by atoms with van der Waals surface area (Å²) in [6.07, 6.45) is 8.17. The molecular weight excluding hydrogens is 254 g/mol. The summed E-state index contributed by atoms with van der Waals surface area (Å²) in [6.45, 7) is 3.17. The Morgan fingerprint density at radius 1 is 1.16 bits per heavy atom. The van der Waals surface area contributed by atoms with Crippen molar-refractivity contribution in [1.82, 2.24) is 9.66 Å². The minimum absolute atomic E-state index is 0.778. The SMILES string of the molecule is CCCCCCCNn1c(=S)ccc2cccnc21. The summed E-state index contributed by atoms with van der Waals surface area (Å²) in [7, 11) is 0. The van der Waals surface area contributed by atoms with Crippen LogP contribution in [-0.4, -0.2) is 16.2 Å². The molecule has 2 rings (SSSR count). The average molecular weight is 275 g/mol. The fourth-order valence-corrected chi connectivity index (χ4v) is 2.36. The Morgan fingerprint density at radius 3 is 2.84 bits per heavy atom. The van der Waals surface area contributed by atoms with Gasteiger partial charge in [0.25, 0.3) is 0 Å². The highest BCUT2D eigenvalue weighted by Gasteiger charge is 2.00. The zero-order chi connectivity index (χ0) is 13.5. The molecule has 4 heteroatoms. The van der Waals surface area contributed by atoms with E-state index in [-0.39, 0.29) is 0 Å². The van der Waals surface area contributed by atoms with E-state index in [2.05, 4.69) is 23.4 Å². The van der Waals surface area contributed by atoms with E-state index in [4.69, 9.17) is 12.2 Å². The summed E-state index contributed by atoms with van der Waals surface area (Å²) in [5.74, 6) is 0. The van der Waals surface area contributed by atoms with Gasteiger partial charge in [0.2, 0.25) is 0 Å². The van der Waals surface area contributed by atoms with Gasteiger partial charge in [0.1, 0.15) is 4.64 Å². The fraction of sp³-hybridized carbons (Fsp3) is 0.467. The lowest BCUT2D eigenvalue weighted by molar-refractivity contribution is 0.631. The van der Waals surface area contributed by atoms with E-state index in [1.807, 2.05) is 22.9 Å². The van der Waals surface area contributed by atoms with E-state index < -0.39 is 0 Å². The third-order valence-electron chi connectivity index (χ3n) is 3.20. The summed E-state index contributed by atoms with van der Waals surface area (Å²) in [5, 5.41) is 1.11. The van der Waals surface area contributed by atoms with Gasteiger partial charge in [-0.05, 0) is 30.7 Å². The Morgan fingerprint density at radius 2 is 2.00 bits per heavy atom. The Labute approximate surface area is 119 Å². The summed E-state index contributed by atoms with van der Waals surface area (Å²) < 4.78 is 2.70. The number of nitrogens with one attached hydrogen (secondary N) is 1. The highest BCUT2D eigenvalue weighted by Crippen LogP contribution is 2.10. The predicted molar refractivity (Wildman–Crippen MR) is 83.6 cm³/mol. The van der Waals surface area contributed by atoms with Crippen molar-refractivity contribution in [2.75, 3.05) is 12.0 Å². The van der Waals surface area contributed by atoms with Gasteiger partial charge in [0, 0.05) is 18.1 Å². The number of nitrogens with zero attached hydrogens (tertiary/aromatic N) is 2. The van der Waals surface area contributed by atoms with Crippen molar-refractivity contribution in [2.24, 2.45) is 0 Å². The van der Waals surface area contributed by atoms with Crippen LogP contribution in [0.3, 0.4) is 0 Å². The Kier molecular flexibility index (Phi) is 5.33. The molecule has 0 aliphatic rings. The molecule has 0 unspecified atom stereocenters. The van der Waals surface area contributed by atoms with Crippen LogP contribution in [0.15, 0.2) is 30.5 Å². The number of hydrogen-bond donors (Lipinski definition) is 1. The van der Waals surface area contributed by atoms with Gasteiger partial charge in [-0.15, -0.1) is 0 Å². The molecular formula is C15H21N3S. The van der Waals surface area contributed by atoms with Crippen molar-refractivity contribution in [3.8, 4) is 0 Å². The predicted octanol–water partition coefficient (Wildman–Crippen LogP) is 4.28. The van der Waals surface area contributed by atoms with Crippen molar-refractivity contribution in [1.29, 1.82) is 0 Å². The van der Waals surface area contributed by atoms with E-state index in [1.54, 1.807) is 6.20 Å². The molecule has 0 aromatic carbocycles. The van der Waals surface area contributed by atoms with Gasteiger partial charge in [0.15, 0.2) is 5.65 Å². The molecule has 0 fully saturated rings. The molecule has 0 spiro atoms. The van der Waals surface area contributed by atoms with Gasteiger partial charge < -0.3 is 5.43 Å². The summed E-state index contributed by atoms with van der Waals surface area (Å²) in [5.41, 5.74) is 4.29. The topological polar surface area (TPSA) is 29.9 Å². The van der Waals surface area contributed by atoms with Crippen LogP contribution in [0, 0.1) is 4.64 Å². The Balaban J connectivity index is 2.00. The highest BCUT2D eigenvalue weighted by molar-refractivity contribution is 7.71. The maximum absolute atomic E-state index is 5.36. The molecule has 102 valence electrons. The van der Waals surface area contributed by atoms with Crippen molar-refractivity contribution < 1.29 is 0 Å². The molecule has 0 aliphatic heterocycles. The second kappa shape index (κ2) is 7.24. The normalized spacial score (nSPS) is 10.8. The van der Waals surface area contributed by atoms with Crippen molar-refractivity contribution in [2.45, 2.75) is 39.0 Å². The highest BCUT2D eigenvalue weighted by atomic mass is 32.1. The zero-order valence-corrected chi connectivity index (χ0v) is 12.2. The number of aromatic nitrogens is 2. The summed E-state index contributed by atoms with van der Waals surface area (Å²) in [4.78, 5) is 4.40. The van der Waals surface area contributed by atoms with Crippen LogP contribution in [-0.2, 0) is 0 Å². The van der Waals surface area contributed by atoms with Crippen LogP contribution in [0.2, 0.25) is 0 Å². The van der Waals surface area contributed by atoms with E-state index in [0.717, 1.165) is 22.2 Å². The first-order valence-electron chi connectivity index (χ1n) is 7.03. The lowest BCUT2D eigenvalue weighted by Crippen LogP contribution is -2.18. The number of rotatable bonds is 7. The molecule has 0 aliphatic carbocycles. The third-order valence-corrected chi connectivity index (χ3v) is 3.52. The smallest absolute Gasteiger partial charge is 0.159 e. The maximum atomic E-state index is 5.36. The molecule has 3 nitrogen and oxygen atoms in total. The first kappa shape index (κ1) is 14.0. The number of unbranched alkanes of at least 4 members (excludes halogenated alkanes) is 4. The Hall–Kier alpha value is -1.42. The van der Waals surface area contributed by atoms with E-state index in [9.17, 15) is 0 Å². The maximum Gasteiger partial charge on any atom is 0.159 e. The number of pyridine rings is 2. The van der Waals surface area contributed by atoms with Crippen LogP contribution in [0.4, 0.5) is 0 Å². The third kappa shape index (κ3) is 3.77. The first-order valence-corrected chi connectivity index (χ1v) is 7.44. The molecule has 2 aromatic heterocycles. The second-order valence-corrected chi connectivity index (χ2v) is 5.16. The van der Waals surface area contributed by atoms with Crippen molar-refractivity contribution >= 4 is 23.3 Å². The average Bonchev–Trinajstić information content (AvgIpc) is 2.44. The molecule has 0 amide bonds. The van der Waals surface area contributed by atoms with Gasteiger partial charge in [-0.1, -0.05) is 44.8 Å². The van der Waals surface area contributed by atoms with Crippen molar-refractivity contribution in [3.05, 3.63) is 35.1 Å². The summed E-state index contributed by atoms with van der Waals surface area (Å²) in [6, 6.07) is 7.96. The van der Waals surface area contributed by atoms with Crippen LogP contribution in [0.1, 0.15) is 39.0 Å². The van der Waals surface area contributed by atoms with Gasteiger partial charge >= 0.3 is 0 Å². The molecule has 1 N–H and O–H groups in total. The van der Waals surface area contributed by atoms with E-state index >= 15 is 0 Å². The molecule has 0 radical (unpaired) electrons. The second-order valence-electron chi connectivity index (χ2n) is 4.75. The standard InChI is InChI=1S/C15H21N3S/c1-2-3-4-5-6-12-17-18-14(19)10-9-13-8-7-11-16-15(13)18/h7-11,17H,2-6,12H2,1H3. The van der Waals surface area contributed by atoms with Gasteiger partial charge in [-0.25, -0.2) is 9.66 Å². The number of hydrogen-bond acceptors (Lipinski definition) is 3. The molecule has 0 saturated carbocycles. The molecule has 0 bridgehead atoms. The fourth-order valence-electron chi connectivity index (χ4n) is 2.14. The quantitative estimate of drug-likeness (QED) is 0.604. The molecule has 2 heterocycles. The minimum Gasteiger partial charge on any atom is -0.323 e. The summed E-state index contributed by atoms with van der Waals surface area (Å²) >= 11 is 5.36. The van der Waals surface area contributed by atoms with Crippen LogP contribution >= 0.6 is 12.2 Å². The van der Waals surface area contributed by atoms with Crippen LogP contribution in [0.5, 0.6) is 0 Å². The van der Waals surface area contributed by atoms with Crippen molar-refractivity contribution in [3.63, 3.8) is 0 Å². The van der Waals surface area contributed by atoms with E-state index in [1.165, 1.54) is 32.1 Å². The minimum atomic E-state index is 0.778. The lowest BCUT2D eigenvalue weighted by Gasteiger charge is -2.12. The Bertz CT molecular complexity index is 577. The zero-order valence-electron chi connectivity index (χ0n) is 11.4. The largest absolute Gasteiger partial charge is 0.323 e. The van der Waals surface area contributed by atoms with Gasteiger partial charge in [-0.3, -0.25) is 0 Å². The lowest BCUT2D eigenvalue weighted by atomic mass is 10.2. The molecule has 0 atom stereocenters. The van der Waals surface area contributed by atoms with Gasteiger partial charge in [-0.2, -0.15) is 0 Å². The molecule has 0 saturated heterocycles. The monoisotopic (exact) mass is 275 g/mol. The van der Waals surface area contributed by atoms with E-state index in [0.29, 0.717) is 0 Å². The van der Waals surface area contributed by atoms with Crippen LogP contribution < -0.4 is 5.43 Å². The first-order chi connectivity index (χ1) is 9.33. The molecule has 2 aromatic rings. The number of fused-ring (bicyclic) bond motifs is 1. The molecule has 19 heavy (non-hydrogen) atoms. The van der Waals surface area contributed by atoms with Crippen LogP contribution in [0.25, 0.3) is 11.0 Å². The van der Waals surface area contributed by atoms with Gasteiger partial charge in [0.05, 0.1) is 0 Å².